The molecule has 4 aromatic rings. The number of rotatable bonds is 4. The van der Waals surface area contributed by atoms with Gasteiger partial charge in [-0.15, -0.1) is 0 Å². The van der Waals surface area contributed by atoms with E-state index < -0.39 is 0 Å². The third-order valence-corrected chi connectivity index (χ3v) is 4.79. The van der Waals surface area contributed by atoms with Gasteiger partial charge >= 0.3 is 0 Å². The number of halogens is 1. The minimum absolute atomic E-state index is 0.188. The largest absolute Gasteiger partial charge is 0.338 e. The standard InChI is InChI=1S/C20H16FN3S/c1-13-12-14(10-11-16(13)21)25-24-17-7-3-2-6-15(17)20-22-18-8-4-5-9-19(18)23-20/h2-12,24H,1H3,(H,22,23). The van der Waals surface area contributed by atoms with Crippen molar-refractivity contribution in [2.24, 2.45) is 0 Å². The molecule has 0 amide bonds. The van der Waals surface area contributed by atoms with Crippen molar-refractivity contribution in [1.29, 1.82) is 0 Å². The second-order valence-electron chi connectivity index (χ2n) is 5.76. The molecular formula is C20H16FN3S. The first-order valence-corrected chi connectivity index (χ1v) is 8.75. The van der Waals surface area contributed by atoms with Crippen molar-refractivity contribution in [1.82, 2.24) is 9.97 Å². The van der Waals surface area contributed by atoms with Crippen LogP contribution in [0.4, 0.5) is 10.1 Å². The molecule has 3 nitrogen and oxygen atoms in total. The number of hydrogen-bond donors (Lipinski definition) is 2. The van der Waals surface area contributed by atoms with Crippen LogP contribution in [0.5, 0.6) is 0 Å². The highest BCUT2D eigenvalue weighted by Crippen LogP contribution is 2.31. The van der Waals surface area contributed by atoms with Crippen LogP contribution < -0.4 is 4.72 Å². The molecule has 25 heavy (non-hydrogen) atoms. The number of aryl methyl sites for hydroxylation is 1. The summed E-state index contributed by atoms with van der Waals surface area (Å²) in [7, 11) is 0. The number of aromatic amines is 1. The molecule has 0 atom stereocenters. The van der Waals surface area contributed by atoms with Crippen molar-refractivity contribution in [3.8, 4) is 11.4 Å². The Labute approximate surface area is 149 Å². The molecule has 0 saturated heterocycles. The number of benzene rings is 3. The molecule has 0 spiro atoms. The fourth-order valence-corrected chi connectivity index (χ4v) is 3.43. The Kier molecular flexibility index (Phi) is 4.15. The lowest BCUT2D eigenvalue weighted by atomic mass is 10.2. The van der Waals surface area contributed by atoms with E-state index in [1.165, 1.54) is 18.0 Å². The summed E-state index contributed by atoms with van der Waals surface area (Å²) in [4.78, 5) is 8.98. The fourth-order valence-electron chi connectivity index (χ4n) is 2.65. The van der Waals surface area contributed by atoms with E-state index in [0.717, 1.165) is 33.0 Å². The van der Waals surface area contributed by atoms with Gasteiger partial charge in [-0.05, 0) is 66.9 Å². The van der Waals surface area contributed by atoms with Gasteiger partial charge < -0.3 is 9.71 Å². The van der Waals surface area contributed by atoms with Gasteiger partial charge in [0.25, 0.3) is 0 Å². The Balaban J connectivity index is 1.63. The minimum atomic E-state index is -0.188. The van der Waals surface area contributed by atoms with Gasteiger partial charge in [-0.25, -0.2) is 9.37 Å². The maximum Gasteiger partial charge on any atom is 0.140 e. The first-order valence-electron chi connectivity index (χ1n) is 7.94. The average Bonchev–Trinajstić information content (AvgIpc) is 3.07. The molecule has 0 bridgehead atoms. The fraction of sp³-hybridized carbons (Fsp3) is 0.0500. The molecule has 2 N–H and O–H groups in total. The first kappa shape index (κ1) is 15.7. The van der Waals surface area contributed by atoms with Gasteiger partial charge in [0.15, 0.2) is 0 Å². The third-order valence-electron chi connectivity index (χ3n) is 3.98. The molecule has 0 unspecified atom stereocenters. The molecule has 4 rings (SSSR count). The van der Waals surface area contributed by atoms with Gasteiger partial charge in [-0.2, -0.15) is 0 Å². The highest BCUT2D eigenvalue weighted by atomic mass is 32.2. The summed E-state index contributed by atoms with van der Waals surface area (Å²) >= 11 is 1.45. The minimum Gasteiger partial charge on any atom is -0.338 e. The highest BCUT2D eigenvalue weighted by molar-refractivity contribution is 8.00. The van der Waals surface area contributed by atoms with E-state index in [4.69, 9.17) is 0 Å². The van der Waals surface area contributed by atoms with Crippen LogP contribution in [0.2, 0.25) is 0 Å². The molecule has 5 heteroatoms. The van der Waals surface area contributed by atoms with Crippen LogP contribution in [-0.4, -0.2) is 9.97 Å². The first-order chi connectivity index (χ1) is 12.2. The second-order valence-corrected chi connectivity index (χ2v) is 6.64. The lowest BCUT2D eigenvalue weighted by Crippen LogP contribution is -1.92. The SMILES string of the molecule is Cc1cc(SNc2ccccc2-c2nc3ccccc3[nH]2)ccc1F. The van der Waals surface area contributed by atoms with Crippen LogP contribution in [0.1, 0.15) is 5.56 Å². The summed E-state index contributed by atoms with van der Waals surface area (Å²) in [6, 6.07) is 21.0. The summed E-state index contributed by atoms with van der Waals surface area (Å²) in [6.45, 7) is 1.77. The molecule has 0 aliphatic rings. The Morgan fingerprint density at radius 3 is 2.64 bits per heavy atom. The van der Waals surface area contributed by atoms with E-state index in [1.807, 2.05) is 54.6 Å². The summed E-state index contributed by atoms with van der Waals surface area (Å²) in [5, 5.41) is 0. The van der Waals surface area contributed by atoms with Crippen LogP contribution in [-0.2, 0) is 0 Å². The molecule has 0 saturated carbocycles. The second kappa shape index (κ2) is 6.61. The normalized spacial score (nSPS) is 11.0. The van der Waals surface area contributed by atoms with Crippen molar-refractivity contribution in [2.45, 2.75) is 11.8 Å². The van der Waals surface area contributed by atoms with Crippen molar-refractivity contribution in [3.63, 3.8) is 0 Å². The number of nitrogens with zero attached hydrogens (tertiary/aromatic N) is 1. The summed E-state index contributed by atoms with van der Waals surface area (Å²) < 4.78 is 16.8. The molecule has 3 aromatic carbocycles. The lowest BCUT2D eigenvalue weighted by Gasteiger charge is -2.10. The summed E-state index contributed by atoms with van der Waals surface area (Å²) in [5.41, 5.74) is 4.53. The summed E-state index contributed by atoms with van der Waals surface area (Å²) in [6.07, 6.45) is 0. The number of para-hydroxylation sites is 3. The zero-order valence-electron chi connectivity index (χ0n) is 13.6. The van der Waals surface area contributed by atoms with E-state index in [0.29, 0.717) is 5.56 Å². The van der Waals surface area contributed by atoms with E-state index in [9.17, 15) is 4.39 Å². The van der Waals surface area contributed by atoms with Crippen molar-refractivity contribution in [2.75, 3.05) is 4.72 Å². The molecule has 0 aliphatic heterocycles. The number of aromatic nitrogens is 2. The highest BCUT2D eigenvalue weighted by Gasteiger charge is 2.10. The lowest BCUT2D eigenvalue weighted by molar-refractivity contribution is 0.617. The van der Waals surface area contributed by atoms with E-state index in [2.05, 4.69) is 14.7 Å². The quantitative estimate of drug-likeness (QED) is 0.458. The van der Waals surface area contributed by atoms with E-state index >= 15 is 0 Å². The monoisotopic (exact) mass is 349 g/mol. The van der Waals surface area contributed by atoms with E-state index in [-0.39, 0.29) is 5.82 Å². The van der Waals surface area contributed by atoms with Crippen LogP contribution in [0.25, 0.3) is 22.4 Å². The van der Waals surface area contributed by atoms with Crippen LogP contribution >= 0.6 is 11.9 Å². The molecule has 124 valence electrons. The van der Waals surface area contributed by atoms with Crippen LogP contribution in [0.3, 0.4) is 0 Å². The van der Waals surface area contributed by atoms with Gasteiger partial charge in [-0.1, -0.05) is 24.3 Å². The molecular weight excluding hydrogens is 333 g/mol. The molecule has 0 radical (unpaired) electrons. The van der Waals surface area contributed by atoms with Crippen LogP contribution in [0, 0.1) is 12.7 Å². The van der Waals surface area contributed by atoms with Gasteiger partial charge in [0.1, 0.15) is 11.6 Å². The number of hydrogen-bond acceptors (Lipinski definition) is 3. The Hall–Kier alpha value is -2.79. The van der Waals surface area contributed by atoms with Crippen molar-refractivity contribution >= 4 is 28.7 Å². The number of imidazole rings is 1. The topological polar surface area (TPSA) is 40.7 Å². The number of nitrogens with one attached hydrogen (secondary N) is 2. The van der Waals surface area contributed by atoms with E-state index in [1.54, 1.807) is 13.0 Å². The molecule has 1 aromatic heterocycles. The van der Waals surface area contributed by atoms with Crippen molar-refractivity contribution in [3.05, 3.63) is 78.1 Å². The van der Waals surface area contributed by atoms with Gasteiger partial charge in [0.2, 0.25) is 0 Å². The van der Waals surface area contributed by atoms with Crippen LogP contribution in [0.15, 0.2) is 71.6 Å². The predicted molar refractivity (Wildman–Crippen MR) is 102 cm³/mol. The molecule has 0 aliphatic carbocycles. The molecule has 0 fully saturated rings. The number of fused-ring (bicyclic) bond motifs is 1. The average molecular weight is 349 g/mol. The maximum absolute atomic E-state index is 13.4. The van der Waals surface area contributed by atoms with Gasteiger partial charge in [0.05, 0.1) is 16.7 Å². The smallest absolute Gasteiger partial charge is 0.140 e. The predicted octanol–water partition coefficient (Wildman–Crippen LogP) is 5.80. The van der Waals surface area contributed by atoms with Gasteiger partial charge in [0, 0.05) is 10.5 Å². The molecule has 1 heterocycles. The zero-order valence-corrected chi connectivity index (χ0v) is 14.4. The van der Waals surface area contributed by atoms with Gasteiger partial charge in [-0.3, -0.25) is 0 Å². The maximum atomic E-state index is 13.4. The van der Waals surface area contributed by atoms with Crippen molar-refractivity contribution < 1.29 is 4.39 Å². The number of H-pyrrole nitrogens is 1. The Morgan fingerprint density at radius 2 is 1.80 bits per heavy atom. The Morgan fingerprint density at radius 1 is 1.00 bits per heavy atom. The summed E-state index contributed by atoms with van der Waals surface area (Å²) in [5.74, 6) is 0.632. The number of anilines is 1. The third kappa shape index (κ3) is 3.23. The Bertz CT molecular complexity index is 1010. The zero-order chi connectivity index (χ0) is 17.2.